The standard InChI is InChI=1S/C20H26FN3O2S/c21-19-7-9-20(10-8-19)24-15-13-23(14-16-24)12-4-11-22-27(25,26)17-18-5-2-1-3-6-18/h1-3,5-10,22H,4,11-17H2. The van der Waals surface area contributed by atoms with Crippen LogP contribution in [0.1, 0.15) is 12.0 Å². The Balaban J connectivity index is 1.35. The van der Waals surface area contributed by atoms with E-state index in [1.165, 1.54) is 12.1 Å². The van der Waals surface area contributed by atoms with Crippen LogP contribution in [0.5, 0.6) is 0 Å². The molecule has 2 aromatic rings. The number of nitrogens with zero attached hydrogens (tertiary/aromatic N) is 2. The third-order valence-corrected chi connectivity index (χ3v) is 6.09. The van der Waals surface area contributed by atoms with Gasteiger partial charge in [-0.3, -0.25) is 4.90 Å². The van der Waals surface area contributed by atoms with Gasteiger partial charge in [-0.15, -0.1) is 0 Å². The minimum Gasteiger partial charge on any atom is -0.369 e. The fourth-order valence-corrected chi connectivity index (χ4v) is 4.45. The van der Waals surface area contributed by atoms with Crippen LogP contribution in [0.15, 0.2) is 54.6 Å². The summed E-state index contributed by atoms with van der Waals surface area (Å²) in [5, 5.41) is 0. The molecule has 1 saturated heterocycles. The van der Waals surface area contributed by atoms with Crippen LogP contribution in [-0.4, -0.2) is 52.6 Å². The molecule has 0 bridgehead atoms. The first-order valence-electron chi connectivity index (χ1n) is 9.26. The Morgan fingerprint density at radius 2 is 1.59 bits per heavy atom. The number of hydrogen-bond acceptors (Lipinski definition) is 4. The quantitative estimate of drug-likeness (QED) is 0.703. The molecule has 7 heteroatoms. The van der Waals surface area contributed by atoms with Crippen molar-refractivity contribution in [3.63, 3.8) is 0 Å². The van der Waals surface area contributed by atoms with E-state index in [2.05, 4.69) is 14.5 Å². The molecule has 1 fully saturated rings. The largest absolute Gasteiger partial charge is 0.369 e. The molecule has 0 spiro atoms. The van der Waals surface area contributed by atoms with Gasteiger partial charge >= 0.3 is 0 Å². The van der Waals surface area contributed by atoms with E-state index in [0.29, 0.717) is 6.54 Å². The van der Waals surface area contributed by atoms with Crippen molar-refractivity contribution in [2.75, 3.05) is 44.2 Å². The molecule has 0 aliphatic carbocycles. The van der Waals surface area contributed by atoms with E-state index in [9.17, 15) is 12.8 Å². The van der Waals surface area contributed by atoms with Crippen LogP contribution in [0.4, 0.5) is 10.1 Å². The van der Waals surface area contributed by atoms with Crippen LogP contribution in [0.25, 0.3) is 0 Å². The summed E-state index contributed by atoms with van der Waals surface area (Å²) >= 11 is 0. The molecule has 1 aliphatic rings. The molecule has 0 amide bonds. The van der Waals surface area contributed by atoms with Crippen molar-refractivity contribution in [3.8, 4) is 0 Å². The molecule has 3 rings (SSSR count). The Hall–Kier alpha value is -1.96. The Morgan fingerprint density at radius 1 is 0.926 bits per heavy atom. The second-order valence-electron chi connectivity index (χ2n) is 6.80. The minimum absolute atomic E-state index is 0.0180. The molecule has 1 heterocycles. The first kappa shape index (κ1) is 19.8. The molecule has 0 radical (unpaired) electrons. The number of piperazine rings is 1. The number of anilines is 1. The predicted molar refractivity (Wildman–Crippen MR) is 107 cm³/mol. The maximum absolute atomic E-state index is 13.0. The summed E-state index contributed by atoms with van der Waals surface area (Å²) in [6, 6.07) is 15.8. The minimum atomic E-state index is -3.29. The summed E-state index contributed by atoms with van der Waals surface area (Å²) in [5.41, 5.74) is 1.84. The lowest BCUT2D eigenvalue weighted by Crippen LogP contribution is -2.47. The molecule has 1 aliphatic heterocycles. The molecule has 27 heavy (non-hydrogen) atoms. The molecular weight excluding hydrogens is 365 g/mol. The maximum atomic E-state index is 13.0. The number of nitrogens with one attached hydrogen (secondary N) is 1. The van der Waals surface area contributed by atoms with Crippen LogP contribution in [0.3, 0.4) is 0 Å². The monoisotopic (exact) mass is 391 g/mol. The van der Waals surface area contributed by atoms with Crippen LogP contribution in [0, 0.1) is 5.82 Å². The molecule has 146 valence electrons. The predicted octanol–water partition coefficient (Wildman–Crippen LogP) is 2.46. The average molecular weight is 392 g/mol. The van der Waals surface area contributed by atoms with Gasteiger partial charge in [0.15, 0.2) is 0 Å². The van der Waals surface area contributed by atoms with Crippen molar-refractivity contribution in [2.45, 2.75) is 12.2 Å². The van der Waals surface area contributed by atoms with E-state index in [0.717, 1.165) is 50.4 Å². The van der Waals surface area contributed by atoms with Crippen molar-refractivity contribution in [1.29, 1.82) is 0 Å². The molecular formula is C20H26FN3O2S. The van der Waals surface area contributed by atoms with Gasteiger partial charge in [-0.1, -0.05) is 30.3 Å². The molecule has 0 aromatic heterocycles. The summed E-state index contributed by atoms with van der Waals surface area (Å²) in [4.78, 5) is 4.59. The zero-order chi connectivity index (χ0) is 19.1. The van der Waals surface area contributed by atoms with E-state index in [-0.39, 0.29) is 11.6 Å². The van der Waals surface area contributed by atoms with Gasteiger partial charge in [0.2, 0.25) is 10.0 Å². The van der Waals surface area contributed by atoms with Crippen LogP contribution < -0.4 is 9.62 Å². The number of rotatable bonds is 8. The summed E-state index contributed by atoms with van der Waals surface area (Å²) in [6.07, 6.45) is 0.782. The highest BCUT2D eigenvalue weighted by molar-refractivity contribution is 7.88. The van der Waals surface area contributed by atoms with E-state index >= 15 is 0 Å². The lowest BCUT2D eigenvalue weighted by Gasteiger charge is -2.36. The summed E-state index contributed by atoms with van der Waals surface area (Å²) in [7, 11) is -3.29. The van der Waals surface area contributed by atoms with Crippen LogP contribution in [-0.2, 0) is 15.8 Å². The van der Waals surface area contributed by atoms with E-state index < -0.39 is 10.0 Å². The normalized spacial score (nSPS) is 15.8. The summed E-state index contributed by atoms with van der Waals surface area (Å²) in [5.74, 6) is -0.198. The first-order chi connectivity index (χ1) is 13.0. The third-order valence-electron chi connectivity index (χ3n) is 4.74. The summed E-state index contributed by atoms with van der Waals surface area (Å²) < 4.78 is 39.9. The Labute approximate surface area is 160 Å². The highest BCUT2D eigenvalue weighted by atomic mass is 32.2. The van der Waals surface area contributed by atoms with E-state index in [4.69, 9.17) is 0 Å². The molecule has 0 saturated carbocycles. The zero-order valence-electron chi connectivity index (χ0n) is 15.4. The van der Waals surface area contributed by atoms with Gasteiger partial charge in [-0.2, -0.15) is 0 Å². The van der Waals surface area contributed by atoms with Crippen molar-refractivity contribution in [2.24, 2.45) is 0 Å². The fraction of sp³-hybridized carbons (Fsp3) is 0.400. The summed E-state index contributed by atoms with van der Waals surface area (Å²) in [6.45, 7) is 4.96. The van der Waals surface area contributed by atoms with Crippen molar-refractivity contribution < 1.29 is 12.8 Å². The number of hydrogen-bond donors (Lipinski definition) is 1. The fourth-order valence-electron chi connectivity index (χ4n) is 3.26. The SMILES string of the molecule is O=S(=O)(Cc1ccccc1)NCCCN1CCN(c2ccc(F)cc2)CC1. The first-order valence-corrected chi connectivity index (χ1v) is 10.9. The Morgan fingerprint density at radius 3 is 2.26 bits per heavy atom. The highest BCUT2D eigenvalue weighted by Crippen LogP contribution is 2.16. The highest BCUT2D eigenvalue weighted by Gasteiger charge is 2.17. The van der Waals surface area contributed by atoms with Gasteiger partial charge in [-0.05, 0) is 42.8 Å². The maximum Gasteiger partial charge on any atom is 0.215 e. The van der Waals surface area contributed by atoms with Gasteiger partial charge < -0.3 is 4.90 Å². The second kappa shape index (κ2) is 9.30. The number of sulfonamides is 1. The zero-order valence-corrected chi connectivity index (χ0v) is 16.2. The topological polar surface area (TPSA) is 52.7 Å². The molecule has 5 nitrogen and oxygen atoms in total. The molecule has 1 N–H and O–H groups in total. The Bertz CT molecular complexity index is 805. The van der Waals surface area contributed by atoms with Gasteiger partial charge in [0, 0.05) is 38.4 Å². The van der Waals surface area contributed by atoms with Crippen LogP contribution >= 0.6 is 0 Å². The van der Waals surface area contributed by atoms with Gasteiger partial charge in [0.1, 0.15) is 5.82 Å². The lowest BCUT2D eigenvalue weighted by atomic mass is 10.2. The van der Waals surface area contributed by atoms with E-state index in [1.807, 2.05) is 42.5 Å². The number of benzene rings is 2. The van der Waals surface area contributed by atoms with Gasteiger partial charge in [0.25, 0.3) is 0 Å². The van der Waals surface area contributed by atoms with E-state index in [1.54, 1.807) is 0 Å². The van der Waals surface area contributed by atoms with Gasteiger partial charge in [0.05, 0.1) is 5.75 Å². The van der Waals surface area contributed by atoms with Crippen LogP contribution in [0.2, 0.25) is 0 Å². The lowest BCUT2D eigenvalue weighted by molar-refractivity contribution is 0.255. The van der Waals surface area contributed by atoms with Crippen molar-refractivity contribution in [3.05, 3.63) is 66.0 Å². The molecule has 2 aromatic carbocycles. The van der Waals surface area contributed by atoms with Gasteiger partial charge in [-0.25, -0.2) is 17.5 Å². The number of halogens is 1. The molecule has 0 unspecified atom stereocenters. The second-order valence-corrected chi connectivity index (χ2v) is 8.60. The van der Waals surface area contributed by atoms with Crippen molar-refractivity contribution in [1.82, 2.24) is 9.62 Å². The Kier molecular flexibility index (Phi) is 6.82. The third kappa shape index (κ3) is 6.30. The smallest absolute Gasteiger partial charge is 0.215 e. The average Bonchev–Trinajstić information content (AvgIpc) is 2.67. The molecule has 0 atom stereocenters. The van der Waals surface area contributed by atoms with Crippen molar-refractivity contribution >= 4 is 15.7 Å².